The van der Waals surface area contributed by atoms with Crippen LogP contribution in [0, 0.1) is 23.6 Å². The molecule has 0 atom stereocenters. The Morgan fingerprint density at radius 1 is 1.19 bits per heavy atom. The fourth-order valence-corrected chi connectivity index (χ4v) is 6.14. The minimum atomic E-state index is -4.71. The van der Waals surface area contributed by atoms with Crippen molar-refractivity contribution < 1.29 is 26.3 Å². The Balaban J connectivity index is 1.80. The van der Waals surface area contributed by atoms with Gasteiger partial charge in [0.1, 0.15) is 5.82 Å². The molecule has 0 N–H and O–H groups in total. The Kier molecular flexibility index (Phi) is 8.02. The van der Waals surface area contributed by atoms with Gasteiger partial charge < -0.3 is 0 Å². The van der Waals surface area contributed by atoms with Gasteiger partial charge in [0.15, 0.2) is 0 Å². The van der Waals surface area contributed by atoms with E-state index in [-0.39, 0.29) is 12.0 Å². The molecule has 0 amide bonds. The van der Waals surface area contributed by atoms with Crippen molar-refractivity contribution in [1.82, 2.24) is 0 Å². The van der Waals surface area contributed by atoms with Gasteiger partial charge >= 0.3 is 6.18 Å². The average molecular weight is 403 g/mol. The van der Waals surface area contributed by atoms with Crippen LogP contribution in [0.5, 0.6) is 0 Å². The maximum atomic E-state index is 13.5. The summed E-state index contributed by atoms with van der Waals surface area (Å²) in [5.41, 5.74) is -1.10. The number of halogens is 6. The first-order valence-electron chi connectivity index (χ1n) is 8.92. The zero-order valence-corrected chi connectivity index (χ0v) is 15.8. The van der Waals surface area contributed by atoms with Gasteiger partial charge in [0.05, 0.1) is 5.56 Å². The maximum absolute atomic E-state index is 13.5. The van der Waals surface area contributed by atoms with Gasteiger partial charge in [-0.05, 0) is 43.0 Å². The van der Waals surface area contributed by atoms with Crippen molar-refractivity contribution in [2.45, 2.75) is 56.4 Å². The molecular formula is C20H21F6Si. The lowest BCUT2D eigenvalue weighted by Crippen LogP contribution is -2.20. The van der Waals surface area contributed by atoms with Gasteiger partial charge in [-0.2, -0.15) is 13.2 Å². The molecule has 0 unspecified atom stereocenters. The van der Waals surface area contributed by atoms with Crippen molar-refractivity contribution in [3.63, 3.8) is 0 Å². The molecule has 1 aliphatic rings. The molecule has 0 saturated carbocycles. The number of alkyl halides is 5. The molecule has 0 nitrogen and oxygen atoms in total. The van der Waals surface area contributed by atoms with E-state index in [1.165, 1.54) is 0 Å². The smallest absolute Gasteiger partial charge is 0.211 e. The second-order valence-corrected chi connectivity index (χ2v) is 9.69. The SMILES string of the molecule is Fc1cc(C#C/C=C/C2CC[Si](CCCC(F)F)CC2)ccc1C(F)(F)F. The molecule has 1 aliphatic heterocycles. The van der Waals surface area contributed by atoms with Crippen molar-refractivity contribution in [2.24, 2.45) is 5.92 Å². The van der Waals surface area contributed by atoms with Crippen LogP contribution >= 0.6 is 0 Å². The molecule has 2 rings (SSSR count). The molecular weight excluding hydrogens is 382 g/mol. The van der Waals surface area contributed by atoms with Crippen LogP contribution in [0.1, 0.15) is 36.8 Å². The summed E-state index contributed by atoms with van der Waals surface area (Å²) in [6, 6.07) is 5.81. The fourth-order valence-electron chi connectivity index (χ4n) is 3.13. The summed E-state index contributed by atoms with van der Waals surface area (Å²) in [6.07, 6.45) is -0.620. The fraction of sp³-hybridized carbons (Fsp3) is 0.500. The van der Waals surface area contributed by atoms with Crippen LogP contribution in [0.4, 0.5) is 26.3 Å². The lowest BCUT2D eigenvalue weighted by Gasteiger charge is -2.25. The molecule has 0 aliphatic carbocycles. The zero-order chi connectivity index (χ0) is 19.9. The Morgan fingerprint density at radius 3 is 2.48 bits per heavy atom. The molecule has 27 heavy (non-hydrogen) atoms. The first-order valence-corrected chi connectivity index (χ1v) is 11.0. The van der Waals surface area contributed by atoms with E-state index in [0.29, 0.717) is 18.4 Å². The first-order chi connectivity index (χ1) is 12.8. The number of rotatable bonds is 5. The summed E-state index contributed by atoms with van der Waals surface area (Å²) in [6.45, 7) is 0. The molecule has 1 heterocycles. The van der Waals surface area contributed by atoms with Gasteiger partial charge in [-0.15, -0.1) is 0 Å². The molecule has 147 valence electrons. The van der Waals surface area contributed by atoms with E-state index in [1.807, 2.05) is 6.08 Å². The molecule has 0 spiro atoms. The van der Waals surface area contributed by atoms with E-state index in [4.69, 9.17) is 0 Å². The van der Waals surface area contributed by atoms with Crippen molar-refractivity contribution >= 4 is 8.80 Å². The standard InChI is InChI=1S/C20H21F6Si/c21-18-14-16(7-8-17(18)20(24,25)26)5-2-1-4-15-9-12-27(13-10-15)11-3-6-19(22)23/h1,4,7-8,14-15,19H,3,6,9-13H2/b4-1+. The van der Waals surface area contributed by atoms with E-state index in [0.717, 1.165) is 43.1 Å². The van der Waals surface area contributed by atoms with Crippen LogP contribution in [0.2, 0.25) is 18.1 Å². The Bertz CT molecular complexity index is 691. The van der Waals surface area contributed by atoms with Gasteiger partial charge in [-0.25, -0.2) is 13.2 Å². The van der Waals surface area contributed by atoms with Crippen LogP contribution in [-0.4, -0.2) is 15.2 Å². The highest BCUT2D eigenvalue weighted by atomic mass is 28.3. The lowest BCUT2D eigenvalue weighted by molar-refractivity contribution is -0.140. The predicted molar refractivity (Wildman–Crippen MR) is 95.6 cm³/mol. The second kappa shape index (κ2) is 10.0. The summed E-state index contributed by atoms with van der Waals surface area (Å²) in [4.78, 5) is 0. The Hall–Kier alpha value is -1.68. The maximum Gasteiger partial charge on any atom is 0.419 e. The molecule has 1 aromatic carbocycles. The van der Waals surface area contributed by atoms with Gasteiger partial charge in [0.2, 0.25) is 6.43 Å². The number of hydrogen-bond donors (Lipinski definition) is 0. The molecule has 1 saturated heterocycles. The topological polar surface area (TPSA) is 0 Å². The van der Waals surface area contributed by atoms with Crippen LogP contribution in [-0.2, 0) is 6.18 Å². The Labute approximate surface area is 157 Å². The van der Waals surface area contributed by atoms with E-state index < -0.39 is 32.8 Å². The number of benzene rings is 1. The van der Waals surface area contributed by atoms with Crippen LogP contribution in [0.3, 0.4) is 0 Å². The zero-order valence-electron chi connectivity index (χ0n) is 14.8. The third-order valence-electron chi connectivity index (χ3n) is 4.63. The first kappa shape index (κ1) is 21.6. The molecule has 0 aromatic heterocycles. The van der Waals surface area contributed by atoms with Crippen molar-refractivity contribution in [1.29, 1.82) is 0 Å². The third-order valence-corrected chi connectivity index (χ3v) is 7.68. The average Bonchev–Trinajstić information content (AvgIpc) is 2.58. The minimum Gasteiger partial charge on any atom is -0.211 e. The molecule has 0 bridgehead atoms. The summed E-state index contributed by atoms with van der Waals surface area (Å²) in [5.74, 6) is 4.45. The minimum absolute atomic E-state index is 0.00235. The van der Waals surface area contributed by atoms with Crippen molar-refractivity contribution in [2.75, 3.05) is 0 Å². The molecule has 1 aromatic rings. The van der Waals surface area contributed by atoms with Crippen molar-refractivity contribution in [3.8, 4) is 11.8 Å². The predicted octanol–water partition coefficient (Wildman–Crippen LogP) is 6.70. The highest BCUT2D eigenvalue weighted by Crippen LogP contribution is 2.31. The van der Waals surface area contributed by atoms with Crippen LogP contribution < -0.4 is 0 Å². The molecule has 1 radical (unpaired) electrons. The van der Waals surface area contributed by atoms with E-state index in [2.05, 4.69) is 11.8 Å². The molecule has 1 fully saturated rings. The van der Waals surface area contributed by atoms with Crippen LogP contribution in [0.15, 0.2) is 30.4 Å². The highest BCUT2D eigenvalue weighted by Gasteiger charge is 2.33. The second-order valence-electron chi connectivity index (χ2n) is 6.69. The summed E-state index contributed by atoms with van der Waals surface area (Å²) >= 11 is 0. The molecule has 7 heteroatoms. The van der Waals surface area contributed by atoms with Crippen LogP contribution in [0.25, 0.3) is 0 Å². The van der Waals surface area contributed by atoms with E-state index in [9.17, 15) is 26.3 Å². The summed E-state index contributed by atoms with van der Waals surface area (Å²) in [5, 5.41) is 0. The van der Waals surface area contributed by atoms with E-state index >= 15 is 0 Å². The Morgan fingerprint density at radius 2 is 1.89 bits per heavy atom. The summed E-state index contributed by atoms with van der Waals surface area (Å²) < 4.78 is 75.3. The quantitative estimate of drug-likeness (QED) is 0.291. The van der Waals surface area contributed by atoms with Crippen molar-refractivity contribution in [3.05, 3.63) is 47.3 Å². The lowest BCUT2D eigenvalue weighted by atomic mass is 10.0. The van der Waals surface area contributed by atoms with Gasteiger partial charge in [-0.3, -0.25) is 0 Å². The largest absolute Gasteiger partial charge is 0.419 e. The summed E-state index contributed by atoms with van der Waals surface area (Å²) in [7, 11) is -0.506. The number of allylic oxidation sites excluding steroid dienone is 2. The number of hydrogen-bond acceptors (Lipinski definition) is 0. The highest BCUT2D eigenvalue weighted by molar-refractivity contribution is 6.58. The van der Waals surface area contributed by atoms with Gasteiger partial charge in [0.25, 0.3) is 0 Å². The third kappa shape index (κ3) is 7.45. The van der Waals surface area contributed by atoms with E-state index in [1.54, 1.807) is 6.08 Å². The normalized spacial score (nSPS) is 16.7. The van der Waals surface area contributed by atoms with Gasteiger partial charge in [-0.1, -0.05) is 42.5 Å². The van der Waals surface area contributed by atoms with Gasteiger partial charge in [0, 0.05) is 20.8 Å². The monoisotopic (exact) mass is 403 g/mol.